The minimum absolute atomic E-state index is 0.108. The van der Waals surface area contributed by atoms with E-state index in [1.807, 2.05) is 48.5 Å². The average Bonchev–Trinajstić information content (AvgIpc) is 2.89. The number of piperidine rings is 2. The van der Waals surface area contributed by atoms with Crippen LogP contribution in [0.3, 0.4) is 0 Å². The van der Waals surface area contributed by atoms with Crippen molar-refractivity contribution in [1.29, 1.82) is 0 Å². The van der Waals surface area contributed by atoms with E-state index in [1.165, 1.54) is 50.8 Å². The van der Waals surface area contributed by atoms with E-state index in [1.54, 1.807) is 0 Å². The Hall–Kier alpha value is -3.11. The lowest BCUT2D eigenvalue weighted by molar-refractivity contribution is 0.0366. The van der Waals surface area contributed by atoms with Crippen molar-refractivity contribution in [3.05, 3.63) is 83.9 Å². The van der Waals surface area contributed by atoms with Crippen LogP contribution in [0.15, 0.2) is 72.8 Å². The van der Waals surface area contributed by atoms with E-state index >= 15 is 0 Å². The first kappa shape index (κ1) is 22.7. The first-order valence-electron chi connectivity index (χ1n) is 12.6. The molecule has 2 atom stereocenters. The molecule has 2 aliphatic heterocycles. The first-order valence-corrected chi connectivity index (χ1v) is 12.6. The number of ether oxygens (including phenoxy) is 1. The molecule has 4 heteroatoms. The lowest BCUT2D eigenvalue weighted by Crippen LogP contribution is -2.49. The number of hydrogen-bond acceptors (Lipinski definition) is 3. The van der Waals surface area contributed by atoms with Gasteiger partial charge in [-0.2, -0.15) is 0 Å². The Morgan fingerprint density at radius 2 is 1.53 bits per heavy atom. The van der Waals surface area contributed by atoms with Crippen molar-refractivity contribution in [2.24, 2.45) is 5.92 Å². The molecule has 2 saturated heterocycles. The highest BCUT2D eigenvalue weighted by atomic mass is 16.5. The summed E-state index contributed by atoms with van der Waals surface area (Å²) in [6.45, 7) is 5.37. The SMILES string of the molecule is Cc1ccc(-c2ccc(C(=O)Nc3ccc(OC[C@@H]4CCCN5CCCC[C@H]45)cc3)cc2)cc1. The fourth-order valence-electron chi connectivity index (χ4n) is 5.37. The van der Waals surface area contributed by atoms with Crippen molar-refractivity contribution in [3.8, 4) is 16.9 Å². The maximum Gasteiger partial charge on any atom is 0.255 e. The van der Waals surface area contributed by atoms with E-state index < -0.39 is 0 Å². The maximum atomic E-state index is 12.7. The Morgan fingerprint density at radius 3 is 2.26 bits per heavy atom. The lowest BCUT2D eigenvalue weighted by Gasteiger charge is -2.44. The number of nitrogens with zero attached hydrogens (tertiary/aromatic N) is 1. The molecule has 0 saturated carbocycles. The smallest absolute Gasteiger partial charge is 0.255 e. The zero-order chi connectivity index (χ0) is 23.3. The number of rotatable bonds is 6. The summed E-state index contributed by atoms with van der Waals surface area (Å²) in [6, 6.07) is 24.6. The monoisotopic (exact) mass is 454 g/mol. The van der Waals surface area contributed by atoms with Crippen LogP contribution in [-0.2, 0) is 0 Å². The van der Waals surface area contributed by atoms with Crippen LogP contribution < -0.4 is 10.1 Å². The number of amides is 1. The zero-order valence-electron chi connectivity index (χ0n) is 20.0. The largest absolute Gasteiger partial charge is 0.493 e. The molecule has 0 bridgehead atoms. The van der Waals surface area contributed by atoms with Crippen LogP contribution in [0.2, 0.25) is 0 Å². The number of anilines is 1. The Kier molecular flexibility index (Phi) is 6.96. The van der Waals surface area contributed by atoms with Crippen LogP contribution >= 0.6 is 0 Å². The standard InChI is InChI=1S/C30H34N2O2/c1-22-7-9-23(10-8-22)24-11-13-25(14-12-24)30(33)31-27-15-17-28(18-16-27)34-21-26-5-4-20-32-19-3-2-6-29(26)32/h7-18,26,29H,2-6,19-21H2,1H3,(H,31,33)/t26-,29+/m0/s1. The van der Waals surface area contributed by atoms with Gasteiger partial charge in [-0.25, -0.2) is 0 Å². The molecule has 3 aromatic rings. The molecule has 2 fully saturated rings. The molecular formula is C30H34N2O2. The van der Waals surface area contributed by atoms with Gasteiger partial charge in [0.2, 0.25) is 0 Å². The summed E-state index contributed by atoms with van der Waals surface area (Å²) in [5.74, 6) is 1.38. The second-order valence-electron chi connectivity index (χ2n) is 9.73. The van der Waals surface area contributed by atoms with Crippen molar-refractivity contribution in [3.63, 3.8) is 0 Å². The molecule has 176 valence electrons. The van der Waals surface area contributed by atoms with Gasteiger partial charge in [0, 0.05) is 23.2 Å². The highest BCUT2D eigenvalue weighted by Gasteiger charge is 2.33. The number of aryl methyl sites for hydroxylation is 1. The van der Waals surface area contributed by atoms with E-state index in [2.05, 4.69) is 41.4 Å². The van der Waals surface area contributed by atoms with Gasteiger partial charge in [0.05, 0.1) is 6.61 Å². The van der Waals surface area contributed by atoms with E-state index in [9.17, 15) is 4.79 Å². The summed E-state index contributed by atoms with van der Waals surface area (Å²) < 4.78 is 6.16. The summed E-state index contributed by atoms with van der Waals surface area (Å²) in [5.41, 5.74) is 4.91. The van der Waals surface area contributed by atoms with Crippen molar-refractivity contribution in [1.82, 2.24) is 4.90 Å². The minimum Gasteiger partial charge on any atom is -0.493 e. The molecule has 0 spiro atoms. The third-order valence-electron chi connectivity index (χ3n) is 7.34. The number of hydrogen-bond donors (Lipinski definition) is 1. The van der Waals surface area contributed by atoms with Crippen LogP contribution in [0.5, 0.6) is 5.75 Å². The summed E-state index contributed by atoms with van der Waals surface area (Å²) in [5, 5.41) is 2.99. The van der Waals surface area contributed by atoms with Crippen LogP contribution in [0.25, 0.3) is 11.1 Å². The van der Waals surface area contributed by atoms with Gasteiger partial charge in [-0.1, -0.05) is 48.4 Å². The van der Waals surface area contributed by atoms with Crippen molar-refractivity contribution < 1.29 is 9.53 Å². The van der Waals surface area contributed by atoms with E-state index in [0.717, 1.165) is 29.2 Å². The molecule has 0 unspecified atom stereocenters. The Bertz CT molecular complexity index is 1090. The maximum absolute atomic E-state index is 12.7. The molecule has 5 rings (SSSR count). The molecule has 0 radical (unpaired) electrons. The molecule has 1 amide bonds. The van der Waals surface area contributed by atoms with Crippen molar-refractivity contribution in [2.45, 2.75) is 45.1 Å². The summed E-state index contributed by atoms with van der Waals surface area (Å²) in [6.07, 6.45) is 6.54. The average molecular weight is 455 g/mol. The van der Waals surface area contributed by atoms with Gasteiger partial charge < -0.3 is 10.1 Å². The third kappa shape index (κ3) is 5.34. The number of benzene rings is 3. The van der Waals surface area contributed by atoms with E-state index in [4.69, 9.17) is 4.74 Å². The first-order chi connectivity index (χ1) is 16.7. The van der Waals surface area contributed by atoms with Gasteiger partial charge in [0.15, 0.2) is 0 Å². The molecule has 34 heavy (non-hydrogen) atoms. The molecule has 2 aliphatic rings. The normalized spacial score (nSPS) is 20.4. The topological polar surface area (TPSA) is 41.6 Å². The lowest BCUT2D eigenvalue weighted by atomic mass is 9.84. The summed E-state index contributed by atoms with van der Waals surface area (Å²) >= 11 is 0. The highest BCUT2D eigenvalue weighted by Crippen LogP contribution is 2.31. The summed E-state index contributed by atoms with van der Waals surface area (Å²) in [7, 11) is 0. The van der Waals surface area contributed by atoms with Gasteiger partial charge in [-0.3, -0.25) is 9.69 Å². The van der Waals surface area contributed by atoms with E-state index in [0.29, 0.717) is 17.5 Å². The molecule has 0 aromatic heterocycles. The second kappa shape index (κ2) is 10.4. The fourth-order valence-corrected chi connectivity index (χ4v) is 5.37. The molecule has 3 aromatic carbocycles. The molecule has 2 heterocycles. The van der Waals surface area contributed by atoms with Crippen molar-refractivity contribution in [2.75, 3.05) is 25.0 Å². The van der Waals surface area contributed by atoms with Gasteiger partial charge >= 0.3 is 0 Å². The number of carbonyl (C=O) groups is 1. The Balaban J connectivity index is 1.15. The predicted octanol–water partition coefficient (Wildman–Crippen LogP) is 6.56. The highest BCUT2D eigenvalue weighted by molar-refractivity contribution is 6.04. The molecule has 4 nitrogen and oxygen atoms in total. The zero-order valence-corrected chi connectivity index (χ0v) is 20.0. The van der Waals surface area contributed by atoms with E-state index in [-0.39, 0.29) is 5.91 Å². The van der Waals surface area contributed by atoms with Crippen LogP contribution in [0.1, 0.15) is 48.0 Å². The molecule has 1 N–H and O–H groups in total. The Morgan fingerprint density at radius 1 is 0.853 bits per heavy atom. The summed E-state index contributed by atoms with van der Waals surface area (Å²) in [4.78, 5) is 15.4. The van der Waals surface area contributed by atoms with Crippen LogP contribution in [0.4, 0.5) is 5.69 Å². The molecule has 0 aliphatic carbocycles. The number of carbonyl (C=O) groups excluding carboxylic acids is 1. The molecular weight excluding hydrogens is 420 g/mol. The van der Waals surface area contributed by atoms with Gasteiger partial charge in [-0.05, 0) is 93.2 Å². The van der Waals surface area contributed by atoms with Crippen LogP contribution in [0, 0.1) is 12.8 Å². The predicted molar refractivity (Wildman–Crippen MR) is 138 cm³/mol. The minimum atomic E-state index is -0.108. The van der Waals surface area contributed by atoms with Gasteiger partial charge in [0.25, 0.3) is 5.91 Å². The number of fused-ring (bicyclic) bond motifs is 1. The quantitative estimate of drug-likeness (QED) is 0.459. The third-order valence-corrected chi connectivity index (χ3v) is 7.34. The van der Waals surface area contributed by atoms with Crippen LogP contribution in [-0.4, -0.2) is 36.5 Å². The van der Waals surface area contributed by atoms with Crippen molar-refractivity contribution >= 4 is 11.6 Å². The second-order valence-corrected chi connectivity index (χ2v) is 9.73. The Labute approximate surface area is 202 Å². The number of nitrogens with one attached hydrogen (secondary N) is 1. The van der Waals surface area contributed by atoms with Gasteiger partial charge in [-0.15, -0.1) is 0 Å². The van der Waals surface area contributed by atoms with Gasteiger partial charge in [0.1, 0.15) is 5.75 Å². The fraction of sp³-hybridized carbons (Fsp3) is 0.367.